The molecular weight excluding hydrogens is 336 g/mol. The maximum absolute atomic E-state index is 12.2. The number of thiazole rings is 1. The highest BCUT2D eigenvalue weighted by molar-refractivity contribution is 7.13. The summed E-state index contributed by atoms with van der Waals surface area (Å²) in [6.07, 6.45) is 1.63. The summed E-state index contributed by atoms with van der Waals surface area (Å²) in [6, 6.07) is 16.0. The number of para-hydroxylation sites is 1. The Kier molecular flexibility index (Phi) is 3.87. The molecule has 0 bridgehead atoms. The third-order valence-electron chi connectivity index (χ3n) is 3.75. The largest absolute Gasteiger partial charge is 0.422 e. The van der Waals surface area contributed by atoms with E-state index in [1.165, 1.54) is 11.3 Å². The number of benzene rings is 2. The van der Waals surface area contributed by atoms with Crippen LogP contribution in [0.4, 0.5) is 5.13 Å². The van der Waals surface area contributed by atoms with Crippen LogP contribution in [0.1, 0.15) is 10.4 Å². The number of nitrogens with one attached hydrogen (secondary N) is 1. The number of hydrogen-bond acceptors (Lipinski definition) is 5. The van der Waals surface area contributed by atoms with Gasteiger partial charge < -0.3 is 4.42 Å². The van der Waals surface area contributed by atoms with Crippen molar-refractivity contribution in [2.75, 3.05) is 5.32 Å². The number of anilines is 1. The second kappa shape index (κ2) is 6.33. The standard InChI is InChI=1S/C19H12N2O3S/c22-17(21-19-20-9-10-25-19)13-7-5-12(6-8-13)15-11-14-3-1-2-4-16(14)24-18(15)23/h1-11H,(H,20,21,22). The lowest BCUT2D eigenvalue weighted by atomic mass is 10.0. The zero-order chi connectivity index (χ0) is 17.2. The molecule has 0 atom stereocenters. The van der Waals surface area contributed by atoms with Crippen LogP contribution in [0, 0.1) is 0 Å². The topological polar surface area (TPSA) is 72.2 Å². The van der Waals surface area contributed by atoms with E-state index < -0.39 is 5.63 Å². The molecule has 25 heavy (non-hydrogen) atoms. The molecule has 4 aromatic rings. The summed E-state index contributed by atoms with van der Waals surface area (Å²) in [7, 11) is 0. The molecule has 4 rings (SSSR count). The van der Waals surface area contributed by atoms with Crippen LogP contribution in [0.5, 0.6) is 0 Å². The predicted molar refractivity (Wildman–Crippen MR) is 98.0 cm³/mol. The molecule has 5 nitrogen and oxygen atoms in total. The van der Waals surface area contributed by atoms with Crippen molar-refractivity contribution in [3.63, 3.8) is 0 Å². The second-order valence-corrected chi connectivity index (χ2v) is 6.25. The van der Waals surface area contributed by atoms with Crippen LogP contribution in [-0.2, 0) is 0 Å². The Labute approximate surface area is 146 Å². The number of carbonyl (C=O) groups is 1. The third kappa shape index (κ3) is 3.07. The number of amides is 1. The number of hydrogen-bond donors (Lipinski definition) is 1. The predicted octanol–water partition coefficient (Wildman–Crippen LogP) is 4.17. The Bertz CT molecular complexity index is 1100. The minimum atomic E-state index is -0.404. The van der Waals surface area contributed by atoms with E-state index in [2.05, 4.69) is 10.3 Å². The SMILES string of the molecule is O=C(Nc1nccs1)c1ccc(-c2cc3ccccc3oc2=O)cc1. The van der Waals surface area contributed by atoms with Gasteiger partial charge in [-0.25, -0.2) is 9.78 Å². The van der Waals surface area contributed by atoms with Crippen LogP contribution in [0.2, 0.25) is 0 Å². The Morgan fingerprint density at radius 2 is 1.88 bits per heavy atom. The number of rotatable bonds is 3. The van der Waals surface area contributed by atoms with Crippen LogP contribution in [-0.4, -0.2) is 10.9 Å². The van der Waals surface area contributed by atoms with Crippen LogP contribution in [0.25, 0.3) is 22.1 Å². The first-order valence-corrected chi connectivity index (χ1v) is 8.43. The molecule has 0 saturated heterocycles. The van der Waals surface area contributed by atoms with Crippen molar-refractivity contribution in [2.45, 2.75) is 0 Å². The molecule has 2 heterocycles. The highest BCUT2D eigenvalue weighted by Crippen LogP contribution is 2.22. The summed E-state index contributed by atoms with van der Waals surface area (Å²) in [5.41, 5.74) is 1.80. The summed E-state index contributed by atoms with van der Waals surface area (Å²) in [4.78, 5) is 28.4. The average Bonchev–Trinajstić information content (AvgIpc) is 3.14. The fourth-order valence-corrected chi connectivity index (χ4v) is 3.04. The van der Waals surface area contributed by atoms with Gasteiger partial charge in [0.2, 0.25) is 0 Å². The zero-order valence-electron chi connectivity index (χ0n) is 12.9. The quantitative estimate of drug-likeness (QED) is 0.564. The fraction of sp³-hybridized carbons (Fsp3) is 0. The Morgan fingerprint density at radius 3 is 2.64 bits per heavy atom. The molecule has 6 heteroatoms. The molecule has 1 amide bonds. The van der Waals surface area contributed by atoms with Crippen LogP contribution in [0.3, 0.4) is 0 Å². The number of aromatic nitrogens is 1. The summed E-state index contributed by atoms with van der Waals surface area (Å²) in [6.45, 7) is 0. The smallest absolute Gasteiger partial charge is 0.344 e. The summed E-state index contributed by atoms with van der Waals surface area (Å²) >= 11 is 1.35. The van der Waals surface area contributed by atoms with Gasteiger partial charge in [-0.2, -0.15) is 0 Å². The lowest BCUT2D eigenvalue weighted by Crippen LogP contribution is -2.11. The van der Waals surface area contributed by atoms with E-state index in [1.807, 2.05) is 18.2 Å². The van der Waals surface area contributed by atoms with E-state index in [1.54, 1.807) is 48.0 Å². The average molecular weight is 348 g/mol. The van der Waals surface area contributed by atoms with Crippen molar-refractivity contribution in [3.8, 4) is 11.1 Å². The van der Waals surface area contributed by atoms with Gasteiger partial charge in [-0.05, 0) is 29.8 Å². The van der Waals surface area contributed by atoms with Gasteiger partial charge in [0, 0.05) is 22.5 Å². The monoisotopic (exact) mass is 348 g/mol. The lowest BCUT2D eigenvalue weighted by molar-refractivity contribution is 0.102. The maximum atomic E-state index is 12.2. The van der Waals surface area contributed by atoms with Crippen LogP contribution < -0.4 is 10.9 Å². The fourth-order valence-electron chi connectivity index (χ4n) is 2.52. The molecule has 0 spiro atoms. The molecule has 0 saturated carbocycles. The van der Waals surface area contributed by atoms with Crippen LogP contribution >= 0.6 is 11.3 Å². The van der Waals surface area contributed by atoms with Gasteiger partial charge in [-0.1, -0.05) is 30.3 Å². The van der Waals surface area contributed by atoms with Gasteiger partial charge in [0.05, 0.1) is 5.56 Å². The van der Waals surface area contributed by atoms with E-state index in [4.69, 9.17) is 4.42 Å². The van der Waals surface area contributed by atoms with Gasteiger partial charge in [0.25, 0.3) is 5.91 Å². The summed E-state index contributed by atoms with van der Waals surface area (Å²) < 4.78 is 5.35. The molecule has 122 valence electrons. The second-order valence-electron chi connectivity index (χ2n) is 5.35. The summed E-state index contributed by atoms with van der Waals surface area (Å²) in [5, 5.41) is 5.91. The van der Waals surface area contributed by atoms with Crippen molar-refractivity contribution >= 4 is 33.3 Å². The van der Waals surface area contributed by atoms with Crippen LogP contribution in [0.15, 0.2) is 75.4 Å². The molecule has 0 aliphatic heterocycles. The first-order chi connectivity index (χ1) is 12.2. The molecule has 0 radical (unpaired) electrons. The molecule has 2 aromatic carbocycles. The lowest BCUT2D eigenvalue weighted by Gasteiger charge is -2.05. The van der Waals surface area contributed by atoms with Gasteiger partial charge >= 0.3 is 5.63 Å². The highest BCUT2D eigenvalue weighted by atomic mass is 32.1. The normalized spacial score (nSPS) is 10.7. The molecule has 0 unspecified atom stereocenters. The summed E-state index contributed by atoms with van der Waals surface area (Å²) in [5.74, 6) is -0.243. The van der Waals surface area contributed by atoms with E-state index >= 15 is 0 Å². The van der Waals surface area contributed by atoms with Crippen molar-refractivity contribution in [3.05, 3.63) is 82.2 Å². The van der Waals surface area contributed by atoms with Gasteiger partial charge in [-0.15, -0.1) is 11.3 Å². The molecule has 0 aliphatic rings. The van der Waals surface area contributed by atoms with Crippen molar-refractivity contribution in [1.29, 1.82) is 0 Å². The Balaban J connectivity index is 1.65. The number of carbonyl (C=O) groups excluding carboxylic acids is 1. The first-order valence-electron chi connectivity index (χ1n) is 7.55. The van der Waals surface area contributed by atoms with E-state index in [0.717, 1.165) is 5.39 Å². The number of nitrogens with zero attached hydrogens (tertiary/aromatic N) is 1. The van der Waals surface area contributed by atoms with Gasteiger partial charge in [-0.3, -0.25) is 10.1 Å². The Morgan fingerprint density at radius 1 is 1.08 bits per heavy atom. The van der Waals surface area contributed by atoms with E-state index in [-0.39, 0.29) is 5.91 Å². The van der Waals surface area contributed by atoms with Crippen molar-refractivity contribution in [2.24, 2.45) is 0 Å². The molecule has 1 N–H and O–H groups in total. The van der Waals surface area contributed by atoms with E-state index in [9.17, 15) is 9.59 Å². The van der Waals surface area contributed by atoms with Gasteiger partial charge in [0.15, 0.2) is 5.13 Å². The highest BCUT2D eigenvalue weighted by Gasteiger charge is 2.10. The molecule has 2 aromatic heterocycles. The molecular formula is C19H12N2O3S. The maximum Gasteiger partial charge on any atom is 0.344 e. The molecule has 0 aliphatic carbocycles. The minimum Gasteiger partial charge on any atom is -0.422 e. The third-order valence-corrected chi connectivity index (χ3v) is 4.44. The molecule has 0 fully saturated rings. The van der Waals surface area contributed by atoms with Crippen molar-refractivity contribution in [1.82, 2.24) is 4.98 Å². The first kappa shape index (κ1) is 15.3. The van der Waals surface area contributed by atoms with Crippen molar-refractivity contribution < 1.29 is 9.21 Å². The minimum absolute atomic E-state index is 0.243. The number of fused-ring (bicyclic) bond motifs is 1. The Hall–Kier alpha value is -3.25. The van der Waals surface area contributed by atoms with E-state index in [0.29, 0.717) is 27.4 Å². The zero-order valence-corrected chi connectivity index (χ0v) is 13.7. The van der Waals surface area contributed by atoms with Gasteiger partial charge in [0.1, 0.15) is 5.58 Å².